The summed E-state index contributed by atoms with van der Waals surface area (Å²) in [5, 5.41) is 0. The number of allylic oxidation sites excluding steroid dienone is 1. The molecule has 0 atom stereocenters. The number of benzene rings is 1. The molecule has 2 nitrogen and oxygen atoms in total. The summed E-state index contributed by atoms with van der Waals surface area (Å²) in [4.78, 5) is 0. The second kappa shape index (κ2) is 14.5. The first kappa shape index (κ1) is 24.6. The number of rotatable bonds is 15. The molecule has 0 spiro atoms. The van der Waals surface area contributed by atoms with Gasteiger partial charge in [-0.15, -0.1) is 0 Å². The minimum atomic E-state index is -2.22. The number of hydrogen-bond acceptors (Lipinski definition) is 2. The van der Waals surface area contributed by atoms with Crippen LogP contribution in [0.4, 0.5) is 0 Å². The summed E-state index contributed by atoms with van der Waals surface area (Å²) in [6, 6.07) is 8.17. The Bertz CT molecular complexity index is 500. The molecule has 0 aliphatic carbocycles. The van der Waals surface area contributed by atoms with Crippen LogP contribution >= 0.6 is 0 Å². The van der Waals surface area contributed by atoms with E-state index in [9.17, 15) is 0 Å². The zero-order valence-electron chi connectivity index (χ0n) is 18.5. The molecule has 0 N–H and O–H groups in total. The van der Waals surface area contributed by atoms with Gasteiger partial charge in [-0.05, 0) is 0 Å². The van der Waals surface area contributed by atoms with Gasteiger partial charge in [-0.25, -0.2) is 0 Å². The van der Waals surface area contributed by atoms with Gasteiger partial charge in [-0.2, -0.15) is 0 Å². The molecular formula is C24H42O2Sn. The predicted molar refractivity (Wildman–Crippen MR) is 121 cm³/mol. The molecule has 0 aliphatic rings. The van der Waals surface area contributed by atoms with E-state index >= 15 is 0 Å². The van der Waals surface area contributed by atoms with Crippen molar-refractivity contribution in [3.05, 3.63) is 39.5 Å². The number of methoxy groups -OCH3 is 1. The second-order valence-electron chi connectivity index (χ2n) is 7.84. The molecule has 0 aliphatic heterocycles. The average molecular weight is 481 g/mol. The summed E-state index contributed by atoms with van der Waals surface area (Å²) >= 11 is -2.22. The number of ether oxygens (including phenoxy) is 2. The van der Waals surface area contributed by atoms with Crippen LogP contribution in [0.25, 0.3) is 0 Å². The Morgan fingerprint density at radius 2 is 1.41 bits per heavy atom. The molecule has 154 valence electrons. The molecular weight excluding hydrogens is 439 g/mol. The molecule has 0 heterocycles. The Morgan fingerprint density at radius 1 is 0.889 bits per heavy atom. The monoisotopic (exact) mass is 482 g/mol. The minimum absolute atomic E-state index is 0.676. The van der Waals surface area contributed by atoms with Crippen LogP contribution < -0.4 is 4.74 Å². The Morgan fingerprint density at radius 3 is 1.85 bits per heavy atom. The van der Waals surface area contributed by atoms with Gasteiger partial charge in [0, 0.05) is 0 Å². The topological polar surface area (TPSA) is 18.5 Å². The van der Waals surface area contributed by atoms with Gasteiger partial charge in [0.2, 0.25) is 0 Å². The zero-order chi connectivity index (χ0) is 20.0. The van der Waals surface area contributed by atoms with E-state index in [1.54, 1.807) is 10.7 Å². The molecule has 0 aromatic heterocycles. The first-order valence-corrected chi connectivity index (χ1v) is 18.5. The van der Waals surface area contributed by atoms with E-state index in [-0.39, 0.29) is 0 Å². The summed E-state index contributed by atoms with van der Waals surface area (Å²) in [5.41, 5.74) is 1.21. The van der Waals surface area contributed by atoms with Crippen molar-refractivity contribution < 1.29 is 9.47 Å². The third kappa shape index (κ3) is 9.04. The van der Waals surface area contributed by atoms with Crippen LogP contribution in [0, 0.1) is 0 Å². The van der Waals surface area contributed by atoms with Crippen LogP contribution in [0.3, 0.4) is 0 Å². The fourth-order valence-corrected chi connectivity index (χ4v) is 19.6. The van der Waals surface area contributed by atoms with Gasteiger partial charge >= 0.3 is 173 Å². The molecule has 27 heavy (non-hydrogen) atoms. The van der Waals surface area contributed by atoms with Gasteiger partial charge in [0.15, 0.2) is 0 Å². The van der Waals surface area contributed by atoms with Gasteiger partial charge in [-0.1, -0.05) is 0 Å². The summed E-state index contributed by atoms with van der Waals surface area (Å²) in [6.07, 6.45) is 10.7. The maximum atomic E-state index is 5.99. The fourth-order valence-electron chi connectivity index (χ4n) is 3.81. The van der Waals surface area contributed by atoms with Crippen molar-refractivity contribution in [2.75, 3.05) is 13.7 Å². The van der Waals surface area contributed by atoms with Crippen molar-refractivity contribution in [2.24, 2.45) is 0 Å². The molecule has 0 saturated carbocycles. The molecule has 1 aromatic carbocycles. The summed E-state index contributed by atoms with van der Waals surface area (Å²) in [7, 11) is 1.70. The normalized spacial score (nSPS) is 12.4. The molecule has 0 unspecified atom stereocenters. The Kier molecular flexibility index (Phi) is 13.2. The SMILES string of the molecule is CCC[CH2][Sn]([CH2]CCC)([CH2]CCC)/[C](C)=C/COCc1ccc(OC)cc1. The van der Waals surface area contributed by atoms with Gasteiger partial charge in [0.05, 0.1) is 0 Å². The Hall–Kier alpha value is -0.481. The Labute approximate surface area is 172 Å². The molecule has 0 amide bonds. The van der Waals surface area contributed by atoms with Crippen LogP contribution in [0.1, 0.15) is 71.8 Å². The van der Waals surface area contributed by atoms with Crippen molar-refractivity contribution in [3.63, 3.8) is 0 Å². The first-order chi connectivity index (χ1) is 13.1. The van der Waals surface area contributed by atoms with Crippen LogP contribution in [0.5, 0.6) is 5.75 Å². The molecule has 0 bridgehead atoms. The zero-order valence-corrected chi connectivity index (χ0v) is 21.3. The summed E-state index contributed by atoms with van der Waals surface area (Å²) in [5.74, 6) is 0.899. The molecule has 0 radical (unpaired) electrons. The second-order valence-corrected chi connectivity index (χ2v) is 21.7. The molecule has 1 rings (SSSR count). The summed E-state index contributed by atoms with van der Waals surface area (Å²) < 4.78 is 17.6. The van der Waals surface area contributed by atoms with Gasteiger partial charge in [-0.3, -0.25) is 0 Å². The van der Waals surface area contributed by atoms with Crippen LogP contribution in [0.15, 0.2) is 33.9 Å². The summed E-state index contributed by atoms with van der Waals surface area (Å²) in [6.45, 7) is 10.9. The van der Waals surface area contributed by atoms with Crippen LogP contribution in [-0.2, 0) is 11.3 Å². The van der Waals surface area contributed by atoms with E-state index in [4.69, 9.17) is 9.47 Å². The van der Waals surface area contributed by atoms with E-state index < -0.39 is 18.4 Å². The van der Waals surface area contributed by atoms with Crippen molar-refractivity contribution >= 4 is 18.4 Å². The maximum absolute atomic E-state index is 5.99. The first-order valence-electron chi connectivity index (χ1n) is 11.0. The average Bonchev–Trinajstić information content (AvgIpc) is 2.71. The Balaban J connectivity index is 2.70. The third-order valence-electron chi connectivity index (χ3n) is 5.80. The van der Waals surface area contributed by atoms with Gasteiger partial charge in [0.1, 0.15) is 0 Å². The predicted octanol–water partition coefficient (Wildman–Crippen LogP) is 7.55. The van der Waals surface area contributed by atoms with Crippen LogP contribution in [-0.4, -0.2) is 32.1 Å². The standard InChI is InChI=1S/C12H15O2.3C4H9.Sn/c1-3-4-9-14-10-11-5-7-12(13-2)8-6-11;3*1-3-4-2;/h4-8H,9-10H2,1-2H3;3*1,3-4H2,2H3;. The molecule has 0 saturated heterocycles. The van der Waals surface area contributed by atoms with E-state index in [2.05, 4.69) is 45.9 Å². The van der Waals surface area contributed by atoms with Crippen LogP contribution in [0.2, 0.25) is 13.3 Å². The van der Waals surface area contributed by atoms with E-state index in [1.807, 2.05) is 12.1 Å². The van der Waals surface area contributed by atoms with E-state index in [1.165, 1.54) is 57.4 Å². The number of hydrogen-bond donors (Lipinski definition) is 0. The van der Waals surface area contributed by atoms with Crippen molar-refractivity contribution in [1.29, 1.82) is 0 Å². The molecule has 0 fully saturated rings. The third-order valence-corrected chi connectivity index (χ3v) is 22.4. The molecule has 3 heteroatoms. The van der Waals surface area contributed by atoms with Crippen molar-refractivity contribution in [2.45, 2.75) is 86.1 Å². The van der Waals surface area contributed by atoms with Gasteiger partial charge < -0.3 is 0 Å². The van der Waals surface area contributed by atoms with Gasteiger partial charge in [0.25, 0.3) is 0 Å². The van der Waals surface area contributed by atoms with E-state index in [0.29, 0.717) is 6.61 Å². The molecule has 1 aromatic rings. The van der Waals surface area contributed by atoms with E-state index in [0.717, 1.165) is 12.4 Å². The van der Waals surface area contributed by atoms with Crippen molar-refractivity contribution in [3.8, 4) is 5.75 Å². The fraction of sp³-hybridized carbons (Fsp3) is 0.667. The van der Waals surface area contributed by atoms with Crippen molar-refractivity contribution in [1.82, 2.24) is 0 Å². The quantitative estimate of drug-likeness (QED) is 0.190. The number of unbranched alkanes of at least 4 members (excludes halogenated alkanes) is 3.